The topological polar surface area (TPSA) is 26.0 Å². The van der Waals surface area contributed by atoms with Crippen LogP contribution in [0.15, 0.2) is 30.3 Å². The van der Waals surface area contributed by atoms with E-state index in [4.69, 9.17) is 5.73 Å². The second-order valence-corrected chi connectivity index (χ2v) is 8.02. The minimum atomic E-state index is 0. The van der Waals surface area contributed by atoms with Crippen LogP contribution in [0.1, 0.15) is 103 Å². The van der Waals surface area contributed by atoms with E-state index < -0.39 is 0 Å². The first-order valence-corrected chi connectivity index (χ1v) is 10.4. The van der Waals surface area contributed by atoms with Gasteiger partial charge in [0.2, 0.25) is 0 Å². The van der Waals surface area contributed by atoms with Crippen molar-refractivity contribution in [2.75, 3.05) is 0 Å². The number of hydrogen-bond donors (Lipinski definition) is 1. The Balaban J connectivity index is 0.00000576. The third-order valence-electron chi connectivity index (χ3n) is 5.56. The normalized spacial score (nSPS) is 12.6. The van der Waals surface area contributed by atoms with E-state index in [1.165, 1.54) is 76.2 Å². The summed E-state index contributed by atoms with van der Waals surface area (Å²) in [5, 5.41) is 0. The molecule has 0 aromatic heterocycles. The molecule has 146 valence electrons. The number of unbranched alkanes of at least 4 members (excludes halogenated alkanes) is 10. The van der Waals surface area contributed by atoms with Crippen LogP contribution in [-0.2, 0) is 5.41 Å². The van der Waals surface area contributed by atoms with E-state index in [2.05, 4.69) is 51.1 Å². The largest absolute Gasteiger partial charge is 0.327 e. The zero-order chi connectivity index (χ0) is 17.7. The first-order chi connectivity index (χ1) is 11.6. The summed E-state index contributed by atoms with van der Waals surface area (Å²) in [6, 6.07) is 11.0. The lowest BCUT2D eigenvalue weighted by Gasteiger charge is -2.32. The lowest BCUT2D eigenvalue weighted by Crippen LogP contribution is -2.40. The fraction of sp³-hybridized carbons (Fsp3) is 0.739. The molecule has 0 radical (unpaired) electrons. The molecule has 0 bridgehead atoms. The molecule has 0 saturated carbocycles. The molecule has 0 heterocycles. The molecule has 0 aliphatic rings. The van der Waals surface area contributed by atoms with Crippen LogP contribution < -0.4 is 5.73 Å². The van der Waals surface area contributed by atoms with Crippen LogP contribution in [0.2, 0.25) is 0 Å². The Bertz CT molecular complexity index is 402. The van der Waals surface area contributed by atoms with Gasteiger partial charge >= 0.3 is 0 Å². The lowest BCUT2D eigenvalue weighted by molar-refractivity contribution is 0.375. The highest BCUT2D eigenvalue weighted by Crippen LogP contribution is 2.28. The second kappa shape index (κ2) is 14.6. The van der Waals surface area contributed by atoms with E-state index in [-0.39, 0.29) is 23.9 Å². The molecular weight excluding hydrogens is 326 g/mol. The monoisotopic (exact) mass is 367 g/mol. The first-order valence-electron chi connectivity index (χ1n) is 10.4. The van der Waals surface area contributed by atoms with Gasteiger partial charge < -0.3 is 5.73 Å². The van der Waals surface area contributed by atoms with E-state index in [9.17, 15) is 0 Å². The average Bonchev–Trinajstić information content (AvgIpc) is 2.60. The van der Waals surface area contributed by atoms with Gasteiger partial charge in [0.25, 0.3) is 0 Å². The Morgan fingerprint density at radius 1 is 0.760 bits per heavy atom. The zero-order valence-corrected chi connectivity index (χ0v) is 17.8. The number of nitrogens with two attached hydrogens (primary N) is 1. The highest BCUT2D eigenvalue weighted by atomic mass is 35.5. The Kier molecular flexibility index (Phi) is 14.3. The molecular formula is C23H42ClN. The van der Waals surface area contributed by atoms with Gasteiger partial charge in [-0.15, -0.1) is 12.4 Å². The summed E-state index contributed by atoms with van der Waals surface area (Å²) in [6.07, 6.45) is 16.5. The van der Waals surface area contributed by atoms with Crippen molar-refractivity contribution in [3.05, 3.63) is 35.9 Å². The summed E-state index contributed by atoms with van der Waals surface area (Å²) in [5.41, 5.74) is 7.93. The van der Waals surface area contributed by atoms with Gasteiger partial charge in [0.05, 0.1) is 0 Å². The first kappa shape index (κ1) is 24.5. The Morgan fingerprint density at radius 3 is 1.68 bits per heavy atom. The fourth-order valence-electron chi connectivity index (χ4n) is 3.47. The van der Waals surface area contributed by atoms with Gasteiger partial charge in [-0.2, -0.15) is 0 Å². The smallest absolute Gasteiger partial charge is 0.0131 e. The van der Waals surface area contributed by atoms with Crippen LogP contribution in [0.25, 0.3) is 0 Å². The summed E-state index contributed by atoms with van der Waals surface area (Å²) in [5.74, 6) is 0. The summed E-state index contributed by atoms with van der Waals surface area (Å²) in [7, 11) is 0. The highest BCUT2D eigenvalue weighted by molar-refractivity contribution is 5.85. The molecule has 2 N–H and O–H groups in total. The van der Waals surface area contributed by atoms with Crippen LogP contribution in [0.5, 0.6) is 0 Å². The Hall–Kier alpha value is -0.530. The van der Waals surface area contributed by atoms with Crippen molar-refractivity contribution in [1.82, 2.24) is 0 Å². The Labute approximate surface area is 163 Å². The molecule has 0 saturated heterocycles. The van der Waals surface area contributed by atoms with E-state index >= 15 is 0 Å². The van der Waals surface area contributed by atoms with Crippen molar-refractivity contribution in [1.29, 1.82) is 0 Å². The summed E-state index contributed by atoms with van der Waals surface area (Å²) < 4.78 is 0. The number of rotatable bonds is 14. The summed E-state index contributed by atoms with van der Waals surface area (Å²) in [4.78, 5) is 0. The van der Waals surface area contributed by atoms with Crippen LogP contribution in [-0.4, -0.2) is 6.04 Å². The molecule has 25 heavy (non-hydrogen) atoms. The molecule has 0 amide bonds. The SMILES string of the molecule is CCCCCCCCCCCCCC(N)C(C)(C)c1ccccc1.Cl. The summed E-state index contributed by atoms with van der Waals surface area (Å²) >= 11 is 0. The standard InChI is InChI=1S/C23H41N.ClH/c1-4-5-6-7-8-9-10-11-12-13-17-20-22(24)23(2,3)21-18-15-14-16-19-21;/h14-16,18-19,22H,4-13,17,20,24H2,1-3H3;1H. The van der Waals surface area contributed by atoms with E-state index in [0.29, 0.717) is 0 Å². The highest BCUT2D eigenvalue weighted by Gasteiger charge is 2.27. The molecule has 0 aliphatic carbocycles. The van der Waals surface area contributed by atoms with Gasteiger partial charge in [-0.05, 0) is 12.0 Å². The van der Waals surface area contributed by atoms with E-state index in [1.54, 1.807) is 0 Å². The minimum absolute atomic E-state index is 0. The average molecular weight is 368 g/mol. The molecule has 1 nitrogen and oxygen atoms in total. The van der Waals surface area contributed by atoms with Crippen molar-refractivity contribution in [3.63, 3.8) is 0 Å². The number of hydrogen-bond acceptors (Lipinski definition) is 1. The molecule has 1 rings (SSSR count). The van der Waals surface area contributed by atoms with Gasteiger partial charge in [-0.25, -0.2) is 0 Å². The zero-order valence-electron chi connectivity index (χ0n) is 16.9. The van der Waals surface area contributed by atoms with Crippen LogP contribution in [0.3, 0.4) is 0 Å². The van der Waals surface area contributed by atoms with Crippen molar-refractivity contribution >= 4 is 12.4 Å². The van der Waals surface area contributed by atoms with Crippen LogP contribution >= 0.6 is 12.4 Å². The Morgan fingerprint density at radius 2 is 1.20 bits per heavy atom. The number of halogens is 1. The maximum atomic E-state index is 6.50. The van der Waals surface area contributed by atoms with E-state index in [0.717, 1.165) is 6.42 Å². The van der Waals surface area contributed by atoms with Crippen molar-refractivity contribution in [2.45, 2.75) is 109 Å². The van der Waals surface area contributed by atoms with Gasteiger partial charge in [0.15, 0.2) is 0 Å². The quantitative estimate of drug-likeness (QED) is 0.340. The molecule has 0 fully saturated rings. The predicted molar refractivity (Wildman–Crippen MR) is 116 cm³/mol. The molecule has 2 heteroatoms. The molecule has 0 spiro atoms. The molecule has 1 aromatic carbocycles. The van der Waals surface area contributed by atoms with Gasteiger partial charge in [0.1, 0.15) is 0 Å². The number of benzene rings is 1. The summed E-state index contributed by atoms with van der Waals surface area (Å²) in [6.45, 7) is 6.85. The minimum Gasteiger partial charge on any atom is -0.327 e. The molecule has 1 aromatic rings. The van der Waals surface area contributed by atoms with Gasteiger partial charge in [-0.3, -0.25) is 0 Å². The van der Waals surface area contributed by atoms with Crippen LogP contribution in [0, 0.1) is 0 Å². The van der Waals surface area contributed by atoms with Gasteiger partial charge in [0, 0.05) is 11.5 Å². The van der Waals surface area contributed by atoms with Crippen molar-refractivity contribution in [3.8, 4) is 0 Å². The van der Waals surface area contributed by atoms with E-state index in [1.807, 2.05) is 0 Å². The van der Waals surface area contributed by atoms with Crippen molar-refractivity contribution in [2.24, 2.45) is 5.73 Å². The fourth-order valence-corrected chi connectivity index (χ4v) is 3.47. The molecule has 1 unspecified atom stereocenters. The molecule has 1 atom stereocenters. The van der Waals surface area contributed by atoms with Crippen LogP contribution in [0.4, 0.5) is 0 Å². The predicted octanol–water partition coefficient (Wildman–Crippen LogP) is 7.41. The molecule has 0 aliphatic heterocycles. The second-order valence-electron chi connectivity index (χ2n) is 8.02. The maximum absolute atomic E-state index is 6.50. The van der Waals surface area contributed by atoms with Gasteiger partial charge in [-0.1, -0.05) is 122 Å². The maximum Gasteiger partial charge on any atom is 0.0131 e. The lowest BCUT2D eigenvalue weighted by atomic mass is 9.76. The van der Waals surface area contributed by atoms with Crippen molar-refractivity contribution < 1.29 is 0 Å². The third kappa shape index (κ3) is 10.3. The third-order valence-corrected chi connectivity index (χ3v) is 5.56.